The molecule has 2 nitrogen and oxygen atoms in total. The molecule has 21 heavy (non-hydrogen) atoms. The number of hydrogen-bond donors (Lipinski definition) is 1. The maximum absolute atomic E-state index is 13.1. The van der Waals surface area contributed by atoms with Gasteiger partial charge in [0.1, 0.15) is 18.2 Å². The zero-order valence-corrected chi connectivity index (χ0v) is 13.0. The van der Waals surface area contributed by atoms with Crippen molar-refractivity contribution in [1.29, 1.82) is 0 Å². The molecule has 3 heteroatoms. The number of benzene rings is 2. The quantitative estimate of drug-likeness (QED) is 0.917. The third-order valence-electron chi connectivity index (χ3n) is 3.66. The first kappa shape index (κ1) is 15.5. The molecule has 0 fully saturated rings. The van der Waals surface area contributed by atoms with Gasteiger partial charge in [0.25, 0.3) is 0 Å². The normalized spacial score (nSPS) is 12.3. The molecule has 112 valence electrons. The number of aryl methyl sites for hydroxylation is 4. The van der Waals surface area contributed by atoms with Crippen LogP contribution in [0.3, 0.4) is 0 Å². The fourth-order valence-corrected chi connectivity index (χ4v) is 2.81. The van der Waals surface area contributed by atoms with E-state index in [1.54, 1.807) is 6.07 Å². The van der Waals surface area contributed by atoms with Gasteiger partial charge < -0.3 is 10.5 Å². The largest absolute Gasteiger partial charge is 0.491 e. The average Bonchev–Trinajstić information content (AvgIpc) is 2.36. The van der Waals surface area contributed by atoms with Gasteiger partial charge in [-0.3, -0.25) is 0 Å². The van der Waals surface area contributed by atoms with Crippen LogP contribution in [-0.2, 0) is 0 Å². The molecule has 0 saturated heterocycles. The molecule has 0 bridgehead atoms. The molecule has 1 atom stereocenters. The van der Waals surface area contributed by atoms with E-state index in [2.05, 4.69) is 32.9 Å². The number of ether oxygens (including phenoxy) is 1. The molecule has 0 spiro atoms. The lowest BCUT2D eigenvalue weighted by Gasteiger charge is -2.19. The minimum absolute atomic E-state index is 0.199. The predicted molar refractivity (Wildman–Crippen MR) is 84.2 cm³/mol. The van der Waals surface area contributed by atoms with Gasteiger partial charge in [-0.15, -0.1) is 0 Å². The second-order valence-corrected chi connectivity index (χ2v) is 5.64. The number of rotatable bonds is 4. The van der Waals surface area contributed by atoms with Gasteiger partial charge in [0.2, 0.25) is 0 Å². The van der Waals surface area contributed by atoms with E-state index in [0.717, 1.165) is 11.1 Å². The van der Waals surface area contributed by atoms with Gasteiger partial charge in [0, 0.05) is 0 Å². The maximum atomic E-state index is 13.1. The van der Waals surface area contributed by atoms with E-state index in [-0.39, 0.29) is 11.9 Å². The van der Waals surface area contributed by atoms with Crippen molar-refractivity contribution in [2.24, 2.45) is 5.73 Å². The first-order valence-corrected chi connectivity index (χ1v) is 7.10. The minimum atomic E-state index is -0.255. The Balaban J connectivity index is 2.13. The second kappa shape index (κ2) is 6.27. The van der Waals surface area contributed by atoms with E-state index in [1.807, 2.05) is 6.92 Å². The van der Waals surface area contributed by atoms with Gasteiger partial charge in [-0.25, -0.2) is 4.39 Å². The Morgan fingerprint density at radius 1 is 1.00 bits per heavy atom. The van der Waals surface area contributed by atoms with Crippen LogP contribution in [0.25, 0.3) is 0 Å². The van der Waals surface area contributed by atoms with Gasteiger partial charge in [-0.05, 0) is 68.1 Å². The Labute approximate surface area is 125 Å². The van der Waals surface area contributed by atoms with E-state index in [9.17, 15) is 4.39 Å². The van der Waals surface area contributed by atoms with Crippen LogP contribution < -0.4 is 10.5 Å². The third kappa shape index (κ3) is 3.61. The van der Waals surface area contributed by atoms with Crippen molar-refractivity contribution in [1.82, 2.24) is 0 Å². The molecule has 0 aliphatic carbocycles. The van der Waals surface area contributed by atoms with Gasteiger partial charge in [-0.2, -0.15) is 0 Å². The first-order chi connectivity index (χ1) is 9.88. The smallest absolute Gasteiger partial charge is 0.123 e. The molecule has 0 heterocycles. The monoisotopic (exact) mass is 287 g/mol. The van der Waals surface area contributed by atoms with Gasteiger partial charge in [0.15, 0.2) is 0 Å². The van der Waals surface area contributed by atoms with Crippen molar-refractivity contribution in [2.75, 3.05) is 6.61 Å². The average molecular weight is 287 g/mol. The Morgan fingerprint density at radius 3 is 2.19 bits per heavy atom. The van der Waals surface area contributed by atoms with Crippen molar-refractivity contribution < 1.29 is 9.13 Å². The summed E-state index contributed by atoms with van der Waals surface area (Å²) in [6, 6.07) is 8.57. The molecular formula is C18H22FNO. The minimum Gasteiger partial charge on any atom is -0.491 e. The highest BCUT2D eigenvalue weighted by Gasteiger charge is 2.14. The van der Waals surface area contributed by atoms with Crippen LogP contribution in [0.2, 0.25) is 0 Å². The Kier molecular flexibility index (Phi) is 4.63. The lowest BCUT2D eigenvalue weighted by atomic mass is 9.95. The highest BCUT2D eigenvalue weighted by atomic mass is 19.1. The maximum Gasteiger partial charge on any atom is 0.123 e. The summed E-state index contributed by atoms with van der Waals surface area (Å²) >= 11 is 0. The Bertz CT molecular complexity index is 629. The van der Waals surface area contributed by atoms with E-state index >= 15 is 0 Å². The van der Waals surface area contributed by atoms with Crippen molar-refractivity contribution in [3.05, 3.63) is 64.0 Å². The summed E-state index contributed by atoms with van der Waals surface area (Å²) in [4.78, 5) is 0. The van der Waals surface area contributed by atoms with Crippen molar-refractivity contribution >= 4 is 0 Å². The van der Waals surface area contributed by atoms with Crippen LogP contribution in [0.4, 0.5) is 4.39 Å². The topological polar surface area (TPSA) is 35.2 Å². The molecule has 0 amide bonds. The Morgan fingerprint density at radius 2 is 1.62 bits per heavy atom. The molecule has 0 aliphatic rings. The summed E-state index contributed by atoms with van der Waals surface area (Å²) in [6.07, 6.45) is 0. The number of hydrogen-bond acceptors (Lipinski definition) is 2. The van der Waals surface area contributed by atoms with Gasteiger partial charge in [-0.1, -0.05) is 17.7 Å². The van der Waals surface area contributed by atoms with Crippen LogP contribution in [0.5, 0.6) is 5.75 Å². The second-order valence-electron chi connectivity index (χ2n) is 5.64. The SMILES string of the molecule is Cc1cc(C)c(C(N)COc2ccc(F)cc2C)c(C)c1. The summed E-state index contributed by atoms with van der Waals surface area (Å²) in [6.45, 7) is 8.41. The molecule has 2 aromatic rings. The highest BCUT2D eigenvalue weighted by Crippen LogP contribution is 2.24. The summed E-state index contributed by atoms with van der Waals surface area (Å²) in [7, 11) is 0. The number of nitrogens with two attached hydrogens (primary N) is 1. The van der Waals surface area contributed by atoms with Crippen LogP contribution in [0.15, 0.2) is 30.3 Å². The zero-order chi connectivity index (χ0) is 15.6. The summed E-state index contributed by atoms with van der Waals surface area (Å²) < 4.78 is 18.8. The first-order valence-electron chi connectivity index (χ1n) is 7.10. The fraction of sp³-hybridized carbons (Fsp3) is 0.333. The number of halogens is 1. The summed E-state index contributed by atoms with van der Waals surface area (Å²) in [5.41, 5.74) is 11.8. The van der Waals surface area contributed by atoms with Crippen molar-refractivity contribution in [3.8, 4) is 5.75 Å². The highest BCUT2D eigenvalue weighted by molar-refractivity contribution is 5.40. The zero-order valence-electron chi connectivity index (χ0n) is 13.0. The fourth-order valence-electron chi connectivity index (χ4n) is 2.81. The summed E-state index contributed by atoms with van der Waals surface area (Å²) in [5, 5.41) is 0. The molecule has 2 aromatic carbocycles. The van der Waals surface area contributed by atoms with Crippen LogP contribution in [-0.4, -0.2) is 6.61 Å². The molecule has 0 aromatic heterocycles. The van der Waals surface area contributed by atoms with Crippen molar-refractivity contribution in [3.63, 3.8) is 0 Å². The van der Waals surface area contributed by atoms with E-state index < -0.39 is 0 Å². The van der Waals surface area contributed by atoms with Crippen molar-refractivity contribution in [2.45, 2.75) is 33.7 Å². The molecular weight excluding hydrogens is 265 g/mol. The van der Waals surface area contributed by atoms with E-state index in [1.165, 1.54) is 28.8 Å². The van der Waals surface area contributed by atoms with Crippen LogP contribution >= 0.6 is 0 Å². The van der Waals surface area contributed by atoms with Crippen LogP contribution in [0.1, 0.15) is 33.9 Å². The molecule has 0 saturated carbocycles. The molecule has 2 rings (SSSR count). The lowest BCUT2D eigenvalue weighted by molar-refractivity contribution is 0.287. The molecule has 1 unspecified atom stereocenters. The standard InChI is InChI=1S/C18H22FNO/c1-11-7-13(3)18(14(4)8-11)16(20)10-21-17-6-5-15(19)9-12(17)2/h5-9,16H,10,20H2,1-4H3. The Hall–Kier alpha value is -1.87. The van der Waals surface area contributed by atoms with Crippen LogP contribution in [0, 0.1) is 33.5 Å². The van der Waals surface area contributed by atoms with E-state index in [4.69, 9.17) is 10.5 Å². The molecule has 0 radical (unpaired) electrons. The van der Waals surface area contributed by atoms with E-state index in [0.29, 0.717) is 12.4 Å². The molecule has 2 N–H and O–H groups in total. The van der Waals surface area contributed by atoms with Gasteiger partial charge in [0.05, 0.1) is 6.04 Å². The van der Waals surface area contributed by atoms with Gasteiger partial charge >= 0.3 is 0 Å². The third-order valence-corrected chi connectivity index (χ3v) is 3.66. The predicted octanol–water partition coefficient (Wildman–Crippen LogP) is 4.14. The molecule has 0 aliphatic heterocycles. The summed E-state index contributed by atoms with van der Waals surface area (Å²) in [5.74, 6) is 0.420. The lowest BCUT2D eigenvalue weighted by Crippen LogP contribution is -2.21.